The number of amides is 1. The topological polar surface area (TPSA) is 57.8 Å². The van der Waals surface area contributed by atoms with E-state index in [0.29, 0.717) is 10.7 Å². The Morgan fingerprint density at radius 1 is 1.10 bits per heavy atom. The van der Waals surface area contributed by atoms with Crippen molar-refractivity contribution in [2.75, 3.05) is 5.32 Å². The van der Waals surface area contributed by atoms with E-state index in [4.69, 9.17) is 23.2 Å². The number of nitriles is 1. The van der Waals surface area contributed by atoms with E-state index in [2.05, 4.69) is 35.9 Å². The quantitative estimate of drug-likeness (QED) is 0.370. The van der Waals surface area contributed by atoms with Gasteiger partial charge in [-0.2, -0.15) is 5.26 Å². The number of nitrogens with one attached hydrogen (secondary N) is 1. The van der Waals surface area contributed by atoms with Crippen LogP contribution in [0.3, 0.4) is 0 Å². The van der Waals surface area contributed by atoms with Gasteiger partial charge in [-0.15, -0.1) is 0 Å². The lowest BCUT2D eigenvalue weighted by Gasteiger charge is -2.14. The fraction of sp³-hybridized carbons (Fsp3) is 0.167. The van der Waals surface area contributed by atoms with Crippen LogP contribution in [-0.2, 0) is 4.79 Å². The van der Waals surface area contributed by atoms with E-state index in [9.17, 15) is 10.1 Å². The maximum atomic E-state index is 12.7. The van der Waals surface area contributed by atoms with Crippen LogP contribution in [0.25, 0.3) is 11.8 Å². The van der Waals surface area contributed by atoms with Crippen LogP contribution in [0.4, 0.5) is 5.69 Å². The average Bonchev–Trinajstić information content (AvgIpc) is 2.98. The molecule has 0 aliphatic carbocycles. The van der Waals surface area contributed by atoms with Crippen molar-refractivity contribution >= 4 is 40.9 Å². The summed E-state index contributed by atoms with van der Waals surface area (Å²) >= 11 is 12.1. The highest BCUT2D eigenvalue weighted by molar-refractivity contribution is 6.44. The highest BCUT2D eigenvalue weighted by atomic mass is 35.5. The molecule has 0 radical (unpaired) electrons. The Morgan fingerprint density at radius 3 is 2.50 bits per heavy atom. The third-order valence-corrected chi connectivity index (χ3v) is 5.97. The minimum Gasteiger partial charge on any atom is -0.320 e. The van der Waals surface area contributed by atoms with E-state index >= 15 is 0 Å². The number of rotatable bonds is 4. The monoisotopic (exact) mass is 437 g/mol. The maximum Gasteiger partial charge on any atom is 0.266 e. The summed E-state index contributed by atoms with van der Waals surface area (Å²) in [6, 6.07) is 15.1. The van der Waals surface area contributed by atoms with Gasteiger partial charge in [0.2, 0.25) is 0 Å². The summed E-state index contributed by atoms with van der Waals surface area (Å²) in [7, 11) is 0. The number of halogens is 2. The number of anilines is 1. The Balaban J connectivity index is 1.99. The summed E-state index contributed by atoms with van der Waals surface area (Å²) in [6.45, 7) is 8.14. The van der Waals surface area contributed by atoms with Crippen LogP contribution >= 0.6 is 23.2 Å². The molecule has 1 heterocycles. The fourth-order valence-electron chi connectivity index (χ4n) is 3.38. The number of hydrogen-bond acceptors (Lipinski definition) is 2. The molecule has 2 aromatic carbocycles. The van der Waals surface area contributed by atoms with Crippen LogP contribution in [0.1, 0.15) is 28.1 Å². The molecule has 0 atom stereocenters. The molecule has 1 N–H and O–H groups in total. The van der Waals surface area contributed by atoms with Gasteiger partial charge in [0.25, 0.3) is 5.91 Å². The predicted molar refractivity (Wildman–Crippen MR) is 123 cm³/mol. The first-order valence-corrected chi connectivity index (χ1v) is 10.1. The number of nitrogens with zero attached hydrogens (tertiary/aromatic N) is 2. The van der Waals surface area contributed by atoms with E-state index in [1.807, 2.05) is 32.0 Å². The van der Waals surface area contributed by atoms with Gasteiger partial charge in [-0.25, -0.2) is 0 Å². The van der Waals surface area contributed by atoms with Crippen LogP contribution in [0.2, 0.25) is 10.0 Å². The Bertz CT molecular complexity index is 1220. The van der Waals surface area contributed by atoms with Gasteiger partial charge in [0.05, 0.1) is 15.7 Å². The van der Waals surface area contributed by atoms with Crippen molar-refractivity contribution < 1.29 is 4.79 Å². The molecule has 0 saturated carbocycles. The smallest absolute Gasteiger partial charge is 0.266 e. The van der Waals surface area contributed by atoms with Gasteiger partial charge in [-0.3, -0.25) is 4.79 Å². The normalized spacial score (nSPS) is 11.3. The number of carbonyl (C=O) groups excluding carboxylic acids is 1. The molecule has 0 unspecified atom stereocenters. The van der Waals surface area contributed by atoms with Gasteiger partial charge >= 0.3 is 0 Å². The van der Waals surface area contributed by atoms with Gasteiger partial charge in [-0.1, -0.05) is 41.4 Å². The van der Waals surface area contributed by atoms with Crippen LogP contribution in [0.15, 0.2) is 48.0 Å². The molecule has 0 bridgehead atoms. The van der Waals surface area contributed by atoms with Crippen LogP contribution < -0.4 is 5.32 Å². The zero-order valence-electron chi connectivity index (χ0n) is 17.2. The van der Waals surface area contributed by atoms with Crippen molar-refractivity contribution in [1.29, 1.82) is 5.26 Å². The lowest BCUT2D eigenvalue weighted by atomic mass is 10.1. The van der Waals surface area contributed by atoms with Crippen LogP contribution in [0.5, 0.6) is 0 Å². The summed E-state index contributed by atoms with van der Waals surface area (Å²) in [5.41, 5.74) is 6.57. The third kappa shape index (κ3) is 4.14. The summed E-state index contributed by atoms with van der Waals surface area (Å²) in [4.78, 5) is 12.7. The predicted octanol–water partition coefficient (Wildman–Crippen LogP) is 6.56. The van der Waals surface area contributed by atoms with Gasteiger partial charge < -0.3 is 9.88 Å². The molecule has 1 aromatic heterocycles. The van der Waals surface area contributed by atoms with Gasteiger partial charge in [0.1, 0.15) is 11.6 Å². The van der Waals surface area contributed by atoms with Crippen molar-refractivity contribution in [3.63, 3.8) is 0 Å². The molecule has 6 heteroatoms. The van der Waals surface area contributed by atoms with E-state index in [-0.39, 0.29) is 10.6 Å². The summed E-state index contributed by atoms with van der Waals surface area (Å²) in [5.74, 6) is -0.543. The molecule has 0 spiro atoms. The van der Waals surface area contributed by atoms with Crippen molar-refractivity contribution in [3.05, 3.63) is 86.2 Å². The number of benzene rings is 2. The molecule has 0 fully saturated rings. The van der Waals surface area contributed by atoms with Crippen molar-refractivity contribution in [2.24, 2.45) is 0 Å². The van der Waals surface area contributed by atoms with E-state index in [1.165, 1.54) is 11.1 Å². The molecule has 4 nitrogen and oxygen atoms in total. The molecule has 0 aliphatic rings. The highest BCUT2D eigenvalue weighted by Gasteiger charge is 2.16. The fourth-order valence-corrected chi connectivity index (χ4v) is 3.72. The lowest BCUT2D eigenvalue weighted by Crippen LogP contribution is -2.13. The summed E-state index contributed by atoms with van der Waals surface area (Å²) in [5, 5.41) is 12.8. The minimum absolute atomic E-state index is 0.0211. The third-order valence-electron chi connectivity index (χ3n) is 5.15. The standard InChI is InChI=1S/C24H21Cl2N3O/c1-14-7-5-10-22(16(14)3)29-15(2)11-18(17(29)4)12-19(13-27)24(30)28-21-9-6-8-20(25)23(21)26/h5-12H,1-4H3,(H,28,30)/b19-12-. The van der Waals surface area contributed by atoms with E-state index in [0.717, 1.165) is 22.6 Å². The van der Waals surface area contributed by atoms with Crippen molar-refractivity contribution in [2.45, 2.75) is 27.7 Å². The summed E-state index contributed by atoms with van der Waals surface area (Å²) in [6.07, 6.45) is 1.59. The van der Waals surface area contributed by atoms with E-state index in [1.54, 1.807) is 24.3 Å². The second kappa shape index (κ2) is 8.79. The Labute approximate surface area is 186 Å². The molecule has 30 heavy (non-hydrogen) atoms. The second-order valence-corrected chi connectivity index (χ2v) is 7.89. The molecule has 1 amide bonds. The molecule has 152 valence electrons. The van der Waals surface area contributed by atoms with Crippen LogP contribution in [-0.4, -0.2) is 10.5 Å². The number of hydrogen-bond donors (Lipinski definition) is 1. The zero-order valence-corrected chi connectivity index (χ0v) is 18.7. The molecular formula is C24H21Cl2N3O. The molecule has 3 aromatic rings. The van der Waals surface area contributed by atoms with Crippen LogP contribution in [0, 0.1) is 39.0 Å². The summed E-state index contributed by atoms with van der Waals surface area (Å²) < 4.78 is 2.13. The zero-order chi connectivity index (χ0) is 22.0. The highest BCUT2D eigenvalue weighted by Crippen LogP contribution is 2.30. The number of aryl methyl sites for hydroxylation is 2. The lowest BCUT2D eigenvalue weighted by molar-refractivity contribution is -0.112. The van der Waals surface area contributed by atoms with Gasteiger partial charge in [-0.05, 0) is 74.7 Å². The van der Waals surface area contributed by atoms with Crippen molar-refractivity contribution in [1.82, 2.24) is 4.57 Å². The molecular weight excluding hydrogens is 417 g/mol. The molecule has 3 rings (SSSR count). The Morgan fingerprint density at radius 2 is 1.80 bits per heavy atom. The first kappa shape index (κ1) is 21.7. The van der Waals surface area contributed by atoms with E-state index < -0.39 is 5.91 Å². The maximum absolute atomic E-state index is 12.7. The molecule has 0 saturated heterocycles. The minimum atomic E-state index is -0.543. The van der Waals surface area contributed by atoms with Gasteiger partial charge in [0, 0.05) is 17.1 Å². The molecule has 0 aliphatic heterocycles. The first-order valence-electron chi connectivity index (χ1n) is 9.37. The largest absolute Gasteiger partial charge is 0.320 e. The Hall–Kier alpha value is -3.00. The average molecular weight is 438 g/mol. The first-order chi connectivity index (χ1) is 14.2. The van der Waals surface area contributed by atoms with Gasteiger partial charge in [0.15, 0.2) is 0 Å². The van der Waals surface area contributed by atoms with Crippen molar-refractivity contribution in [3.8, 4) is 11.8 Å². The Kier molecular flexibility index (Phi) is 6.36. The SMILES string of the molecule is Cc1cccc(-n2c(C)cc(/C=C(/C#N)C(=O)Nc3cccc(Cl)c3Cl)c2C)c1C. The second-order valence-electron chi connectivity index (χ2n) is 7.11. The number of aromatic nitrogens is 1. The number of carbonyl (C=O) groups is 1.